The molecule has 0 saturated heterocycles. The van der Waals surface area contributed by atoms with Crippen molar-refractivity contribution >= 4 is 34.1 Å². The van der Waals surface area contributed by atoms with Gasteiger partial charge in [-0.3, -0.25) is 9.59 Å². The van der Waals surface area contributed by atoms with Gasteiger partial charge in [-0.15, -0.1) is 0 Å². The van der Waals surface area contributed by atoms with Crippen molar-refractivity contribution in [1.82, 2.24) is 9.97 Å². The van der Waals surface area contributed by atoms with E-state index in [2.05, 4.69) is 15.3 Å². The van der Waals surface area contributed by atoms with Gasteiger partial charge in [0.05, 0.1) is 0 Å². The largest absolute Gasteiger partial charge is 0.483 e. The van der Waals surface area contributed by atoms with Gasteiger partial charge in [0, 0.05) is 40.1 Å². The van der Waals surface area contributed by atoms with Gasteiger partial charge in [0.2, 0.25) is 5.43 Å². The summed E-state index contributed by atoms with van der Waals surface area (Å²) in [6.45, 7) is 0.200. The van der Waals surface area contributed by atoms with Gasteiger partial charge in [0.15, 0.2) is 5.75 Å². The first-order valence-corrected chi connectivity index (χ1v) is 8.95. The molecule has 2 aromatic carbocycles. The molecule has 2 aromatic heterocycles. The monoisotopic (exact) mass is 393 g/mol. The van der Waals surface area contributed by atoms with Crippen LogP contribution in [0.4, 0.5) is 5.69 Å². The summed E-state index contributed by atoms with van der Waals surface area (Å²) in [4.78, 5) is 30.6. The number of ether oxygens (including phenoxy) is 1. The maximum absolute atomic E-state index is 12.4. The summed E-state index contributed by atoms with van der Waals surface area (Å²) in [5.41, 5.74) is 2.22. The number of aromatic amines is 2. The lowest BCUT2D eigenvalue weighted by atomic mass is 10.2. The van der Waals surface area contributed by atoms with Crippen LogP contribution in [-0.4, -0.2) is 15.9 Å². The SMILES string of the molecule is O=C(Nc1ccc2[nH]ccc2c1)c1cc(=O)c(OCc2cccc(Cl)c2)c[nH]1. The van der Waals surface area contributed by atoms with Crippen LogP contribution in [-0.2, 0) is 6.61 Å². The number of carbonyl (C=O) groups excluding carboxylic acids is 1. The van der Waals surface area contributed by atoms with Crippen LogP contribution in [0, 0.1) is 0 Å². The number of hydrogen-bond acceptors (Lipinski definition) is 3. The molecule has 0 aliphatic rings. The fourth-order valence-corrected chi connectivity index (χ4v) is 3.03. The zero-order valence-electron chi connectivity index (χ0n) is 14.7. The lowest BCUT2D eigenvalue weighted by molar-refractivity contribution is 0.102. The van der Waals surface area contributed by atoms with Crippen LogP contribution in [0.25, 0.3) is 10.9 Å². The number of aromatic nitrogens is 2. The molecule has 0 fully saturated rings. The molecule has 6 nitrogen and oxygen atoms in total. The molecule has 2 heterocycles. The highest BCUT2D eigenvalue weighted by Crippen LogP contribution is 2.18. The Labute approximate surface area is 165 Å². The highest BCUT2D eigenvalue weighted by Gasteiger charge is 2.11. The second-order valence-corrected chi connectivity index (χ2v) is 6.66. The summed E-state index contributed by atoms with van der Waals surface area (Å²) >= 11 is 5.94. The molecule has 1 amide bonds. The van der Waals surface area contributed by atoms with Gasteiger partial charge in [0.25, 0.3) is 5.91 Å². The summed E-state index contributed by atoms with van der Waals surface area (Å²) in [5.74, 6) is -0.279. The number of H-pyrrole nitrogens is 2. The first-order valence-electron chi connectivity index (χ1n) is 8.57. The maximum atomic E-state index is 12.4. The van der Waals surface area contributed by atoms with Gasteiger partial charge in [-0.2, -0.15) is 0 Å². The molecule has 140 valence electrons. The number of amides is 1. The lowest BCUT2D eigenvalue weighted by Crippen LogP contribution is -2.17. The van der Waals surface area contributed by atoms with Crippen molar-refractivity contribution in [1.29, 1.82) is 0 Å². The number of fused-ring (bicyclic) bond motifs is 1. The lowest BCUT2D eigenvalue weighted by Gasteiger charge is -2.08. The van der Waals surface area contributed by atoms with Crippen LogP contribution in [0.3, 0.4) is 0 Å². The second-order valence-electron chi connectivity index (χ2n) is 6.23. The molecule has 3 N–H and O–H groups in total. The molecule has 0 aliphatic carbocycles. The standard InChI is InChI=1S/C21H16ClN3O3/c22-15-3-1-2-13(8-15)12-28-20-11-24-18(10-19(20)26)21(27)25-16-4-5-17-14(9-16)6-7-23-17/h1-11,23H,12H2,(H,24,26)(H,25,27). The molecule has 28 heavy (non-hydrogen) atoms. The topological polar surface area (TPSA) is 87.0 Å². The van der Waals surface area contributed by atoms with E-state index in [1.807, 2.05) is 36.5 Å². The predicted molar refractivity (Wildman–Crippen MR) is 109 cm³/mol. The molecule has 0 spiro atoms. The molecular formula is C21H16ClN3O3. The van der Waals surface area contributed by atoms with E-state index in [0.717, 1.165) is 16.5 Å². The van der Waals surface area contributed by atoms with Crippen molar-refractivity contribution in [2.45, 2.75) is 6.61 Å². The third kappa shape index (κ3) is 3.92. The third-order valence-corrected chi connectivity index (χ3v) is 4.45. The molecule has 0 saturated carbocycles. The average Bonchev–Trinajstić information content (AvgIpc) is 3.15. The van der Waals surface area contributed by atoms with Gasteiger partial charge in [-0.1, -0.05) is 23.7 Å². The Morgan fingerprint density at radius 1 is 1.07 bits per heavy atom. The Hall–Kier alpha value is -3.51. The highest BCUT2D eigenvalue weighted by atomic mass is 35.5. The minimum absolute atomic E-state index is 0.130. The Bertz CT molecular complexity index is 1210. The number of nitrogens with one attached hydrogen (secondary N) is 3. The van der Waals surface area contributed by atoms with Crippen LogP contribution in [0.2, 0.25) is 5.02 Å². The third-order valence-electron chi connectivity index (χ3n) is 4.22. The van der Waals surface area contributed by atoms with E-state index >= 15 is 0 Å². The number of halogens is 1. The van der Waals surface area contributed by atoms with E-state index in [9.17, 15) is 9.59 Å². The Morgan fingerprint density at radius 2 is 1.96 bits per heavy atom. The van der Waals surface area contributed by atoms with E-state index in [-0.39, 0.29) is 23.5 Å². The van der Waals surface area contributed by atoms with Crippen molar-refractivity contribution in [3.05, 3.63) is 93.5 Å². The molecule has 4 rings (SSSR count). The van der Waals surface area contributed by atoms with E-state index in [1.54, 1.807) is 18.2 Å². The van der Waals surface area contributed by atoms with E-state index in [0.29, 0.717) is 10.7 Å². The molecular weight excluding hydrogens is 378 g/mol. The maximum Gasteiger partial charge on any atom is 0.272 e. The van der Waals surface area contributed by atoms with Gasteiger partial charge < -0.3 is 20.0 Å². The van der Waals surface area contributed by atoms with Crippen molar-refractivity contribution in [3.8, 4) is 5.75 Å². The number of rotatable bonds is 5. The Morgan fingerprint density at radius 3 is 2.79 bits per heavy atom. The van der Waals surface area contributed by atoms with Gasteiger partial charge in [0.1, 0.15) is 12.3 Å². The van der Waals surface area contributed by atoms with Crippen LogP contribution >= 0.6 is 11.6 Å². The fourth-order valence-electron chi connectivity index (χ4n) is 2.82. The highest BCUT2D eigenvalue weighted by molar-refractivity contribution is 6.30. The van der Waals surface area contributed by atoms with Crippen molar-refractivity contribution in [2.24, 2.45) is 0 Å². The zero-order valence-corrected chi connectivity index (χ0v) is 15.4. The minimum Gasteiger partial charge on any atom is -0.483 e. The van der Waals surface area contributed by atoms with E-state index < -0.39 is 5.91 Å². The fraction of sp³-hybridized carbons (Fsp3) is 0.0476. The van der Waals surface area contributed by atoms with Gasteiger partial charge >= 0.3 is 0 Å². The Balaban J connectivity index is 1.45. The molecule has 4 aromatic rings. The number of pyridine rings is 1. The zero-order chi connectivity index (χ0) is 19.5. The summed E-state index contributed by atoms with van der Waals surface area (Å²) < 4.78 is 5.53. The second kappa shape index (κ2) is 7.62. The van der Waals surface area contributed by atoms with Crippen molar-refractivity contribution in [3.63, 3.8) is 0 Å². The van der Waals surface area contributed by atoms with Crippen LogP contribution < -0.4 is 15.5 Å². The minimum atomic E-state index is -0.409. The van der Waals surface area contributed by atoms with Gasteiger partial charge in [-0.05, 0) is 42.0 Å². The number of carbonyl (C=O) groups is 1. The quantitative estimate of drug-likeness (QED) is 0.471. The molecule has 7 heteroatoms. The summed E-state index contributed by atoms with van der Waals surface area (Å²) in [7, 11) is 0. The number of benzene rings is 2. The number of anilines is 1. The number of hydrogen-bond donors (Lipinski definition) is 3. The molecule has 0 unspecified atom stereocenters. The summed E-state index contributed by atoms with van der Waals surface area (Å²) in [6, 6.07) is 15.8. The van der Waals surface area contributed by atoms with Crippen LogP contribution in [0.5, 0.6) is 5.75 Å². The molecule has 0 bridgehead atoms. The van der Waals surface area contributed by atoms with E-state index in [1.165, 1.54) is 12.3 Å². The normalized spacial score (nSPS) is 10.8. The van der Waals surface area contributed by atoms with Crippen LogP contribution in [0.15, 0.2) is 71.8 Å². The smallest absolute Gasteiger partial charge is 0.272 e. The van der Waals surface area contributed by atoms with E-state index in [4.69, 9.17) is 16.3 Å². The molecule has 0 atom stereocenters. The molecule has 0 radical (unpaired) electrons. The Kier molecular flexibility index (Phi) is 4.87. The summed E-state index contributed by atoms with van der Waals surface area (Å²) in [6.07, 6.45) is 3.22. The first kappa shape index (κ1) is 17.9. The molecule has 0 aliphatic heterocycles. The van der Waals surface area contributed by atoms with Crippen LogP contribution in [0.1, 0.15) is 16.1 Å². The predicted octanol–water partition coefficient (Wildman–Crippen LogP) is 4.34. The van der Waals surface area contributed by atoms with Crippen molar-refractivity contribution < 1.29 is 9.53 Å². The summed E-state index contributed by atoms with van der Waals surface area (Å²) in [5, 5.41) is 4.35. The average molecular weight is 394 g/mol. The van der Waals surface area contributed by atoms with Crippen molar-refractivity contribution in [2.75, 3.05) is 5.32 Å². The first-order chi connectivity index (χ1) is 13.6. The van der Waals surface area contributed by atoms with Gasteiger partial charge in [-0.25, -0.2) is 0 Å².